The summed E-state index contributed by atoms with van der Waals surface area (Å²) in [6, 6.07) is 6.74. The van der Waals surface area contributed by atoms with E-state index in [-0.39, 0.29) is 5.91 Å². The zero-order valence-corrected chi connectivity index (χ0v) is 11.8. The maximum Gasteiger partial charge on any atom is 0.257 e. The van der Waals surface area contributed by atoms with Gasteiger partial charge in [0.1, 0.15) is 9.76 Å². The lowest BCUT2D eigenvalue weighted by Crippen LogP contribution is -2.13. The number of aryl methyl sites for hydroxylation is 1. The van der Waals surface area contributed by atoms with Crippen LogP contribution in [-0.2, 0) is 0 Å². The van der Waals surface area contributed by atoms with E-state index in [0.717, 1.165) is 0 Å². The Kier molecular flexibility index (Phi) is 3.93. The summed E-state index contributed by atoms with van der Waals surface area (Å²) in [5, 5.41) is 3.16. The van der Waals surface area contributed by atoms with Gasteiger partial charge in [0.15, 0.2) is 0 Å². The topological polar surface area (TPSA) is 54.9 Å². The molecule has 0 saturated carbocycles. The van der Waals surface area contributed by atoms with Crippen molar-refractivity contribution in [3.05, 3.63) is 51.5 Å². The van der Waals surface area contributed by atoms with Crippen LogP contribution in [0.2, 0.25) is 5.15 Å². The van der Waals surface area contributed by atoms with Crippen LogP contribution in [0.1, 0.15) is 16.1 Å². The van der Waals surface area contributed by atoms with Crippen molar-refractivity contribution in [2.24, 2.45) is 0 Å². The molecule has 18 heavy (non-hydrogen) atoms. The van der Waals surface area contributed by atoms with Crippen LogP contribution in [0.5, 0.6) is 0 Å². The Bertz CT molecular complexity index is 586. The maximum atomic E-state index is 11.9. The minimum Gasteiger partial charge on any atom is -0.320 e. The van der Waals surface area contributed by atoms with E-state index in [9.17, 15) is 4.79 Å². The lowest BCUT2D eigenvalue weighted by Gasteiger charge is -2.07. The van der Waals surface area contributed by atoms with Crippen LogP contribution < -0.4 is 5.32 Å². The van der Waals surface area contributed by atoms with Gasteiger partial charge in [0.05, 0.1) is 16.9 Å². The highest BCUT2D eigenvalue weighted by atomic mass is 79.9. The molecule has 0 unspecified atom stereocenters. The molecule has 1 amide bonds. The van der Waals surface area contributed by atoms with Crippen LogP contribution in [0, 0.1) is 6.92 Å². The first kappa shape index (κ1) is 13.0. The molecule has 6 heteroatoms. The molecule has 0 aliphatic carbocycles. The van der Waals surface area contributed by atoms with Gasteiger partial charge in [-0.25, -0.2) is 9.97 Å². The Labute approximate surface area is 118 Å². The molecular weight excluding hydrogens is 318 g/mol. The van der Waals surface area contributed by atoms with Crippen molar-refractivity contribution in [1.82, 2.24) is 9.97 Å². The van der Waals surface area contributed by atoms with Crippen LogP contribution in [0.4, 0.5) is 5.69 Å². The molecular formula is C12H9BrClN3O. The first-order chi connectivity index (χ1) is 8.56. The Morgan fingerprint density at radius 2 is 2.11 bits per heavy atom. The Morgan fingerprint density at radius 1 is 1.33 bits per heavy atom. The van der Waals surface area contributed by atoms with Crippen LogP contribution in [0.25, 0.3) is 0 Å². The highest BCUT2D eigenvalue weighted by Crippen LogP contribution is 2.17. The van der Waals surface area contributed by atoms with Crippen LogP contribution in [0.15, 0.2) is 35.1 Å². The van der Waals surface area contributed by atoms with E-state index < -0.39 is 0 Å². The highest BCUT2D eigenvalue weighted by molar-refractivity contribution is 9.10. The van der Waals surface area contributed by atoms with E-state index in [1.165, 1.54) is 6.20 Å². The second kappa shape index (κ2) is 5.46. The molecule has 4 nitrogen and oxygen atoms in total. The quantitative estimate of drug-likeness (QED) is 0.860. The lowest BCUT2D eigenvalue weighted by atomic mass is 10.2. The molecule has 1 N–H and O–H groups in total. The van der Waals surface area contributed by atoms with Gasteiger partial charge >= 0.3 is 0 Å². The van der Waals surface area contributed by atoms with Gasteiger partial charge < -0.3 is 5.32 Å². The monoisotopic (exact) mass is 325 g/mol. The van der Waals surface area contributed by atoms with E-state index in [0.29, 0.717) is 26.7 Å². The number of hydrogen-bond donors (Lipinski definition) is 1. The third-order valence-electron chi connectivity index (χ3n) is 2.29. The third-order valence-corrected chi connectivity index (χ3v) is 2.97. The van der Waals surface area contributed by atoms with E-state index in [1.54, 1.807) is 31.2 Å². The molecule has 0 fully saturated rings. The Hall–Kier alpha value is -1.46. The predicted molar refractivity (Wildman–Crippen MR) is 73.9 cm³/mol. The maximum absolute atomic E-state index is 11.9. The number of pyridine rings is 2. The first-order valence-corrected chi connectivity index (χ1v) is 6.29. The molecule has 0 spiro atoms. The van der Waals surface area contributed by atoms with Gasteiger partial charge in [-0.3, -0.25) is 4.79 Å². The highest BCUT2D eigenvalue weighted by Gasteiger charge is 2.08. The van der Waals surface area contributed by atoms with Crippen molar-refractivity contribution in [3.8, 4) is 0 Å². The summed E-state index contributed by atoms with van der Waals surface area (Å²) in [6.45, 7) is 1.78. The number of halogens is 2. The second-order valence-electron chi connectivity index (χ2n) is 3.59. The fourth-order valence-electron chi connectivity index (χ4n) is 1.37. The van der Waals surface area contributed by atoms with Crippen molar-refractivity contribution < 1.29 is 4.79 Å². The Balaban J connectivity index is 2.18. The first-order valence-electron chi connectivity index (χ1n) is 5.12. The predicted octanol–water partition coefficient (Wildman–Crippen LogP) is 3.45. The van der Waals surface area contributed by atoms with Gasteiger partial charge in [0.2, 0.25) is 0 Å². The number of aromatic nitrogens is 2. The summed E-state index contributed by atoms with van der Waals surface area (Å²) < 4.78 is 0.684. The number of nitrogens with zero attached hydrogens (tertiary/aromatic N) is 2. The molecule has 0 bridgehead atoms. The number of rotatable bonds is 2. The minimum atomic E-state index is -0.234. The standard InChI is InChI=1S/C12H9BrClN3O/c1-7-9(3-5-11(14)16-7)17-12(18)8-2-4-10(13)15-6-8/h2-6H,1H3,(H,17,18). The van der Waals surface area contributed by atoms with Crippen LogP contribution in [-0.4, -0.2) is 15.9 Å². The van der Waals surface area contributed by atoms with Gasteiger partial charge in [-0.15, -0.1) is 0 Å². The number of carbonyl (C=O) groups is 1. The van der Waals surface area contributed by atoms with Crippen LogP contribution >= 0.6 is 27.5 Å². The second-order valence-corrected chi connectivity index (χ2v) is 4.79. The average Bonchev–Trinajstić information content (AvgIpc) is 2.33. The molecule has 0 aliphatic heterocycles. The molecule has 0 aromatic carbocycles. The van der Waals surface area contributed by atoms with E-state index >= 15 is 0 Å². The summed E-state index contributed by atoms with van der Waals surface area (Å²) in [5.74, 6) is -0.234. The van der Waals surface area contributed by atoms with Crippen molar-refractivity contribution >= 4 is 39.1 Å². The molecule has 0 atom stereocenters. The number of anilines is 1. The Morgan fingerprint density at radius 3 is 2.72 bits per heavy atom. The molecule has 92 valence electrons. The fourth-order valence-corrected chi connectivity index (χ4v) is 1.79. The molecule has 2 aromatic heterocycles. The van der Waals surface area contributed by atoms with Gasteiger partial charge in [-0.1, -0.05) is 11.6 Å². The van der Waals surface area contributed by atoms with Crippen molar-refractivity contribution in [1.29, 1.82) is 0 Å². The van der Waals surface area contributed by atoms with Crippen molar-refractivity contribution in [2.45, 2.75) is 6.92 Å². The van der Waals surface area contributed by atoms with E-state index in [2.05, 4.69) is 31.2 Å². The zero-order valence-electron chi connectivity index (χ0n) is 9.45. The number of amides is 1. The third kappa shape index (κ3) is 3.05. The lowest BCUT2D eigenvalue weighted by molar-refractivity contribution is 0.102. The summed E-state index contributed by atoms with van der Waals surface area (Å²) in [7, 11) is 0. The van der Waals surface area contributed by atoms with Gasteiger partial charge in [-0.2, -0.15) is 0 Å². The largest absolute Gasteiger partial charge is 0.320 e. The van der Waals surface area contributed by atoms with Gasteiger partial charge in [-0.05, 0) is 47.1 Å². The number of carbonyl (C=O) groups excluding carboxylic acids is 1. The molecule has 0 radical (unpaired) electrons. The van der Waals surface area contributed by atoms with Gasteiger partial charge in [0, 0.05) is 6.20 Å². The van der Waals surface area contributed by atoms with Crippen LogP contribution in [0.3, 0.4) is 0 Å². The molecule has 2 heterocycles. The molecule has 2 aromatic rings. The summed E-state index contributed by atoms with van der Waals surface area (Å²) >= 11 is 8.96. The minimum absolute atomic E-state index is 0.234. The smallest absolute Gasteiger partial charge is 0.257 e. The summed E-state index contributed by atoms with van der Waals surface area (Å²) in [4.78, 5) is 20.0. The summed E-state index contributed by atoms with van der Waals surface area (Å²) in [6.07, 6.45) is 1.50. The van der Waals surface area contributed by atoms with E-state index in [4.69, 9.17) is 11.6 Å². The zero-order chi connectivity index (χ0) is 13.1. The number of hydrogen-bond acceptors (Lipinski definition) is 3. The van der Waals surface area contributed by atoms with Crippen molar-refractivity contribution in [3.63, 3.8) is 0 Å². The molecule has 0 saturated heterocycles. The van der Waals surface area contributed by atoms with Crippen molar-refractivity contribution in [2.75, 3.05) is 5.32 Å². The fraction of sp³-hybridized carbons (Fsp3) is 0.0833. The number of nitrogens with one attached hydrogen (secondary N) is 1. The molecule has 0 aliphatic rings. The normalized spacial score (nSPS) is 10.2. The average molecular weight is 327 g/mol. The molecule has 2 rings (SSSR count). The SMILES string of the molecule is Cc1nc(Cl)ccc1NC(=O)c1ccc(Br)nc1. The van der Waals surface area contributed by atoms with Gasteiger partial charge in [0.25, 0.3) is 5.91 Å². The van der Waals surface area contributed by atoms with E-state index in [1.807, 2.05) is 0 Å². The summed E-state index contributed by atoms with van der Waals surface area (Å²) in [5.41, 5.74) is 1.78.